The molecular weight excluding hydrogens is 288 g/mol. The van der Waals surface area contributed by atoms with Gasteiger partial charge in [0.25, 0.3) is 5.56 Å². The van der Waals surface area contributed by atoms with Crippen molar-refractivity contribution in [3.05, 3.63) is 21.6 Å². The van der Waals surface area contributed by atoms with E-state index in [2.05, 4.69) is 15.7 Å². The summed E-state index contributed by atoms with van der Waals surface area (Å²) < 4.78 is 1.56. The Kier molecular flexibility index (Phi) is 4.80. The van der Waals surface area contributed by atoms with Gasteiger partial charge in [-0.15, -0.1) is 0 Å². The molecule has 1 saturated carbocycles. The minimum Gasteiger partial charge on any atom is -0.379 e. The number of anilines is 1. The number of halogens is 1. The minimum absolute atomic E-state index is 0.0891. The smallest absolute Gasteiger partial charge is 0.291 e. The number of rotatable bonds is 6. The fraction of sp³-hybridized carbons (Fsp3) is 0.733. The lowest BCUT2D eigenvalue weighted by atomic mass is 9.85. The van der Waals surface area contributed by atoms with Gasteiger partial charge in [0.2, 0.25) is 0 Å². The van der Waals surface area contributed by atoms with Crippen molar-refractivity contribution in [1.82, 2.24) is 15.1 Å². The number of nitrogens with one attached hydrogen (secondary N) is 2. The summed E-state index contributed by atoms with van der Waals surface area (Å²) in [5, 5.41) is 11.3. The molecule has 0 aromatic carbocycles. The van der Waals surface area contributed by atoms with Crippen LogP contribution in [0.3, 0.4) is 0 Å². The van der Waals surface area contributed by atoms with E-state index in [1.165, 1.54) is 32.1 Å². The molecule has 116 valence electrons. The number of hydrogen-bond acceptors (Lipinski definition) is 4. The third-order valence-corrected chi connectivity index (χ3v) is 4.90. The highest BCUT2D eigenvalue weighted by atomic mass is 35.5. The van der Waals surface area contributed by atoms with Crippen LogP contribution in [0.2, 0.25) is 5.02 Å². The maximum atomic E-state index is 12.4. The SMILES string of the molecule is O=c1c(NCC[C@@H]2CCCN2)c(Cl)cnn1CC1CCC1. The highest BCUT2D eigenvalue weighted by molar-refractivity contribution is 6.32. The van der Waals surface area contributed by atoms with Gasteiger partial charge in [0.05, 0.1) is 11.2 Å². The van der Waals surface area contributed by atoms with Crippen LogP contribution < -0.4 is 16.2 Å². The summed E-state index contributed by atoms with van der Waals surface area (Å²) in [7, 11) is 0. The van der Waals surface area contributed by atoms with Crippen molar-refractivity contribution in [2.45, 2.75) is 51.1 Å². The van der Waals surface area contributed by atoms with Crippen molar-refractivity contribution >= 4 is 17.3 Å². The van der Waals surface area contributed by atoms with E-state index in [1.807, 2.05) is 0 Å². The number of hydrogen-bond donors (Lipinski definition) is 2. The van der Waals surface area contributed by atoms with Crippen molar-refractivity contribution in [2.24, 2.45) is 5.92 Å². The standard InChI is InChI=1S/C15H23ClN4O/c16-13-9-19-20(10-11-3-1-4-11)15(21)14(13)18-8-6-12-5-2-7-17-12/h9,11-12,17-18H,1-8,10H2/t12-/m0/s1. The summed E-state index contributed by atoms with van der Waals surface area (Å²) in [4.78, 5) is 12.4. The number of nitrogens with zero attached hydrogens (tertiary/aromatic N) is 2. The Bertz CT molecular complexity index is 535. The number of aromatic nitrogens is 2. The van der Waals surface area contributed by atoms with Gasteiger partial charge >= 0.3 is 0 Å². The van der Waals surface area contributed by atoms with Crippen LogP contribution in [0, 0.1) is 5.92 Å². The second kappa shape index (κ2) is 6.79. The molecule has 1 atom stereocenters. The molecule has 2 aliphatic rings. The van der Waals surface area contributed by atoms with E-state index in [-0.39, 0.29) is 5.56 Å². The summed E-state index contributed by atoms with van der Waals surface area (Å²) in [6, 6.07) is 0.565. The highest BCUT2D eigenvalue weighted by Gasteiger charge is 2.20. The van der Waals surface area contributed by atoms with Crippen molar-refractivity contribution in [3.63, 3.8) is 0 Å². The maximum Gasteiger partial charge on any atom is 0.291 e. The second-order valence-corrected chi connectivity index (χ2v) is 6.57. The molecule has 3 rings (SSSR count). The zero-order valence-electron chi connectivity index (χ0n) is 12.3. The predicted molar refractivity (Wildman–Crippen MR) is 85.0 cm³/mol. The van der Waals surface area contributed by atoms with Crippen molar-refractivity contribution in [3.8, 4) is 0 Å². The molecule has 0 amide bonds. The summed E-state index contributed by atoms with van der Waals surface area (Å²) in [6.45, 7) is 2.59. The Morgan fingerprint density at radius 1 is 1.38 bits per heavy atom. The molecule has 21 heavy (non-hydrogen) atoms. The largest absolute Gasteiger partial charge is 0.379 e. The fourth-order valence-electron chi connectivity index (χ4n) is 3.05. The lowest BCUT2D eigenvalue weighted by molar-refractivity contribution is 0.262. The monoisotopic (exact) mass is 310 g/mol. The molecular formula is C15H23ClN4O. The van der Waals surface area contributed by atoms with Gasteiger partial charge in [-0.05, 0) is 44.6 Å². The average molecular weight is 311 g/mol. The quantitative estimate of drug-likeness (QED) is 0.846. The Morgan fingerprint density at radius 2 is 2.24 bits per heavy atom. The van der Waals surface area contributed by atoms with Crippen LogP contribution in [0.1, 0.15) is 38.5 Å². The van der Waals surface area contributed by atoms with Crippen LogP contribution in [0.25, 0.3) is 0 Å². The summed E-state index contributed by atoms with van der Waals surface area (Å²) >= 11 is 6.13. The normalized spacial score (nSPS) is 22.2. The van der Waals surface area contributed by atoms with Gasteiger partial charge in [-0.1, -0.05) is 18.0 Å². The van der Waals surface area contributed by atoms with E-state index in [0.29, 0.717) is 22.7 Å². The summed E-state index contributed by atoms with van der Waals surface area (Å²) in [6.07, 6.45) is 8.73. The Labute approximate surface area is 130 Å². The van der Waals surface area contributed by atoms with Crippen LogP contribution in [0.5, 0.6) is 0 Å². The Balaban J connectivity index is 1.62. The first kappa shape index (κ1) is 14.9. The average Bonchev–Trinajstić information content (AvgIpc) is 2.93. The van der Waals surface area contributed by atoms with Crippen LogP contribution >= 0.6 is 11.6 Å². The molecule has 1 saturated heterocycles. The van der Waals surface area contributed by atoms with Gasteiger partial charge in [0.15, 0.2) is 0 Å². The predicted octanol–water partition coefficient (Wildman–Crippen LogP) is 2.25. The molecule has 1 aliphatic heterocycles. The van der Waals surface area contributed by atoms with E-state index in [1.54, 1.807) is 10.9 Å². The molecule has 1 aromatic heterocycles. The van der Waals surface area contributed by atoms with E-state index < -0.39 is 0 Å². The Hall–Kier alpha value is -1.07. The van der Waals surface area contributed by atoms with E-state index in [4.69, 9.17) is 11.6 Å². The molecule has 0 radical (unpaired) electrons. The minimum atomic E-state index is -0.0891. The third kappa shape index (κ3) is 3.58. The van der Waals surface area contributed by atoms with Gasteiger partial charge in [-0.25, -0.2) is 4.68 Å². The molecule has 2 heterocycles. The molecule has 1 aromatic rings. The second-order valence-electron chi connectivity index (χ2n) is 6.16. The maximum absolute atomic E-state index is 12.4. The van der Waals surface area contributed by atoms with Crippen molar-refractivity contribution < 1.29 is 0 Å². The van der Waals surface area contributed by atoms with Gasteiger partial charge < -0.3 is 10.6 Å². The van der Waals surface area contributed by atoms with Gasteiger partial charge in [0.1, 0.15) is 5.69 Å². The lowest BCUT2D eigenvalue weighted by Gasteiger charge is -2.25. The molecule has 1 aliphatic carbocycles. The van der Waals surface area contributed by atoms with Crippen LogP contribution in [-0.2, 0) is 6.54 Å². The van der Waals surface area contributed by atoms with Gasteiger partial charge in [0, 0.05) is 19.1 Å². The summed E-state index contributed by atoms with van der Waals surface area (Å²) in [5.74, 6) is 0.604. The van der Waals surface area contributed by atoms with E-state index >= 15 is 0 Å². The molecule has 0 spiro atoms. The summed E-state index contributed by atoms with van der Waals surface area (Å²) in [5.41, 5.74) is 0.415. The third-order valence-electron chi connectivity index (χ3n) is 4.61. The van der Waals surface area contributed by atoms with Crippen LogP contribution in [-0.4, -0.2) is 28.9 Å². The van der Waals surface area contributed by atoms with Crippen molar-refractivity contribution in [1.29, 1.82) is 0 Å². The van der Waals surface area contributed by atoms with E-state index in [0.717, 1.165) is 26.1 Å². The molecule has 6 heteroatoms. The van der Waals surface area contributed by atoms with Crippen LogP contribution in [0.4, 0.5) is 5.69 Å². The first-order valence-electron chi connectivity index (χ1n) is 7.97. The molecule has 0 unspecified atom stereocenters. The van der Waals surface area contributed by atoms with Crippen molar-refractivity contribution in [2.75, 3.05) is 18.4 Å². The first-order valence-corrected chi connectivity index (χ1v) is 8.34. The zero-order valence-corrected chi connectivity index (χ0v) is 13.0. The molecule has 5 nitrogen and oxygen atoms in total. The Morgan fingerprint density at radius 3 is 2.90 bits per heavy atom. The molecule has 2 fully saturated rings. The molecule has 0 bridgehead atoms. The topological polar surface area (TPSA) is 59.0 Å². The molecule has 2 N–H and O–H groups in total. The lowest BCUT2D eigenvalue weighted by Crippen LogP contribution is -2.31. The van der Waals surface area contributed by atoms with Crippen LogP contribution in [0.15, 0.2) is 11.0 Å². The zero-order chi connectivity index (χ0) is 14.7. The first-order chi connectivity index (χ1) is 10.2. The van der Waals surface area contributed by atoms with Gasteiger partial charge in [-0.2, -0.15) is 5.10 Å². The highest BCUT2D eigenvalue weighted by Crippen LogP contribution is 2.27. The van der Waals surface area contributed by atoms with E-state index in [9.17, 15) is 4.79 Å². The fourth-order valence-corrected chi connectivity index (χ4v) is 3.24. The van der Waals surface area contributed by atoms with Gasteiger partial charge in [-0.3, -0.25) is 4.79 Å².